The number of nitrogens with one attached hydrogen (secondary N) is 3. The van der Waals surface area contributed by atoms with Crippen LogP contribution >= 0.6 is 35.4 Å². The highest BCUT2D eigenvalue weighted by Gasteiger charge is 2.13. The van der Waals surface area contributed by atoms with Crippen LogP contribution in [0.4, 0.5) is 0 Å². The maximum atomic E-state index is 11.9. The molecule has 0 aliphatic carbocycles. The van der Waals surface area contributed by atoms with Gasteiger partial charge < -0.3 is 4.42 Å². The second-order valence-electron chi connectivity index (χ2n) is 3.96. The van der Waals surface area contributed by atoms with Gasteiger partial charge in [-0.15, -0.1) is 0 Å². The van der Waals surface area contributed by atoms with Crippen LogP contribution in [0.3, 0.4) is 0 Å². The molecule has 0 saturated heterocycles. The molecule has 0 aliphatic rings. The zero-order valence-electron chi connectivity index (χ0n) is 10.9. The number of carbonyl (C=O) groups excluding carboxylic acids is 2. The van der Waals surface area contributed by atoms with Crippen LogP contribution in [0.15, 0.2) is 41.0 Å². The third-order valence-corrected chi connectivity index (χ3v) is 3.19. The SMILES string of the molecule is O=C(NC(=S)NNC(=O)c1ccc(Cl)cc1Cl)c1ccco1. The van der Waals surface area contributed by atoms with E-state index in [0.29, 0.717) is 5.02 Å². The molecular formula is C13H9Cl2N3O3S. The average molecular weight is 358 g/mol. The Hall–Kier alpha value is -2.09. The number of amides is 2. The molecule has 22 heavy (non-hydrogen) atoms. The summed E-state index contributed by atoms with van der Waals surface area (Å²) in [7, 11) is 0. The molecule has 1 heterocycles. The number of benzene rings is 1. The molecule has 0 atom stereocenters. The molecule has 0 fully saturated rings. The lowest BCUT2D eigenvalue weighted by Crippen LogP contribution is -2.48. The van der Waals surface area contributed by atoms with E-state index in [1.54, 1.807) is 6.07 Å². The van der Waals surface area contributed by atoms with Gasteiger partial charge in [-0.05, 0) is 42.5 Å². The van der Waals surface area contributed by atoms with Crippen molar-refractivity contribution < 1.29 is 14.0 Å². The van der Waals surface area contributed by atoms with Gasteiger partial charge in [-0.1, -0.05) is 23.2 Å². The molecule has 2 amide bonds. The van der Waals surface area contributed by atoms with Gasteiger partial charge in [0.05, 0.1) is 16.8 Å². The zero-order chi connectivity index (χ0) is 16.1. The summed E-state index contributed by atoms with van der Waals surface area (Å²) >= 11 is 16.5. The summed E-state index contributed by atoms with van der Waals surface area (Å²) in [5.74, 6) is -0.978. The van der Waals surface area contributed by atoms with Crippen molar-refractivity contribution in [1.82, 2.24) is 16.2 Å². The van der Waals surface area contributed by atoms with E-state index < -0.39 is 11.8 Å². The van der Waals surface area contributed by atoms with Crippen molar-refractivity contribution >= 4 is 52.3 Å². The number of hydrogen-bond acceptors (Lipinski definition) is 4. The molecule has 0 unspecified atom stereocenters. The first-order valence-electron chi connectivity index (χ1n) is 5.87. The molecule has 0 radical (unpaired) electrons. The van der Waals surface area contributed by atoms with Gasteiger partial charge in [0.1, 0.15) is 0 Å². The number of halogens is 2. The first-order chi connectivity index (χ1) is 10.5. The van der Waals surface area contributed by atoms with Gasteiger partial charge in [-0.25, -0.2) is 0 Å². The van der Waals surface area contributed by atoms with Gasteiger partial charge in [0.2, 0.25) is 0 Å². The second kappa shape index (κ2) is 7.26. The summed E-state index contributed by atoms with van der Waals surface area (Å²) in [5.41, 5.74) is 4.90. The van der Waals surface area contributed by atoms with E-state index in [4.69, 9.17) is 39.8 Å². The molecule has 6 nitrogen and oxygen atoms in total. The summed E-state index contributed by atoms with van der Waals surface area (Å²) in [6, 6.07) is 7.47. The van der Waals surface area contributed by atoms with Crippen molar-refractivity contribution in [2.75, 3.05) is 0 Å². The van der Waals surface area contributed by atoms with Crippen molar-refractivity contribution in [1.29, 1.82) is 0 Å². The molecular weight excluding hydrogens is 349 g/mol. The smallest absolute Gasteiger partial charge is 0.293 e. The fourth-order valence-electron chi connectivity index (χ4n) is 1.46. The van der Waals surface area contributed by atoms with Gasteiger partial charge in [-0.3, -0.25) is 25.8 Å². The minimum absolute atomic E-state index is 0.0937. The summed E-state index contributed by atoms with van der Waals surface area (Å²) in [6.07, 6.45) is 1.36. The molecule has 114 valence electrons. The molecule has 1 aromatic carbocycles. The number of hydrazine groups is 1. The zero-order valence-corrected chi connectivity index (χ0v) is 13.2. The highest BCUT2D eigenvalue weighted by molar-refractivity contribution is 7.80. The van der Waals surface area contributed by atoms with Crippen LogP contribution in [0.1, 0.15) is 20.9 Å². The fraction of sp³-hybridized carbons (Fsp3) is 0. The Bertz CT molecular complexity index is 719. The largest absolute Gasteiger partial charge is 0.459 e. The highest BCUT2D eigenvalue weighted by atomic mass is 35.5. The van der Waals surface area contributed by atoms with Crippen LogP contribution in [-0.2, 0) is 0 Å². The van der Waals surface area contributed by atoms with E-state index in [-0.39, 0.29) is 21.5 Å². The summed E-state index contributed by atoms with van der Waals surface area (Å²) < 4.78 is 4.90. The summed E-state index contributed by atoms with van der Waals surface area (Å²) in [5, 5.41) is 2.84. The van der Waals surface area contributed by atoms with Crippen LogP contribution in [0, 0.1) is 0 Å². The minimum Gasteiger partial charge on any atom is -0.459 e. The Morgan fingerprint density at radius 2 is 1.86 bits per heavy atom. The van der Waals surface area contributed by atoms with Gasteiger partial charge in [0.15, 0.2) is 10.9 Å². The molecule has 2 rings (SSSR count). The van der Waals surface area contributed by atoms with Gasteiger partial charge >= 0.3 is 0 Å². The summed E-state index contributed by atoms with van der Waals surface area (Å²) in [4.78, 5) is 23.5. The highest BCUT2D eigenvalue weighted by Crippen LogP contribution is 2.20. The molecule has 2 aromatic rings. The minimum atomic E-state index is -0.540. The van der Waals surface area contributed by atoms with Crippen molar-refractivity contribution in [3.05, 3.63) is 58.0 Å². The molecule has 9 heteroatoms. The van der Waals surface area contributed by atoms with E-state index in [0.717, 1.165) is 0 Å². The van der Waals surface area contributed by atoms with Crippen LogP contribution in [0.5, 0.6) is 0 Å². The van der Waals surface area contributed by atoms with Crippen LogP contribution < -0.4 is 16.2 Å². The molecule has 0 aliphatic heterocycles. The van der Waals surface area contributed by atoms with E-state index in [1.807, 2.05) is 0 Å². The van der Waals surface area contributed by atoms with Gasteiger partial charge in [-0.2, -0.15) is 0 Å². The quantitative estimate of drug-likeness (QED) is 0.568. The first kappa shape index (κ1) is 16.3. The Labute approximate surface area is 140 Å². The molecule has 0 spiro atoms. The van der Waals surface area contributed by atoms with Crippen LogP contribution in [-0.4, -0.2) is 16.9 Å². The standard InChI is InChI=1S/C13H9Cl2N3O3S/c14-7-3-4-8(9(15)6-7)11(19)17-18-13(22)16-12(20)10-2-1-5-21-10/h1-6H,(H,17,19)(H2,16,18,20,22). The van der Waals surface area contributed by atoms with Gasteiger partial charge in [0, 0.05) is 5.02 Å². The van der Waals surface area contributed by atoms with E-state index >= 15 is 0 Å². The normalized spacial score (nSPS) is 9.91. The van der Waals surface area contributed by atoms with Crippen LogP contribution in [0.2, 0.25) is 10.0 Å². The van der Waals surface area contributed by atoms with Crippen molar-refractivity contribution in [2.24, 2.45) is 0 Å². The van der Waals surface area contributed by atoms with Gasteiger partial charge in [0.25, 0.3) is 11.8 Å². The van der Waals surface area contributed by atoms with E-state index in [2.05, 4.69) is 16.2 Å². The third-order valence-electron chi connectivity index (χ3n) is 2.44. The third kappa shape index (κ3) is 4.20. The topological polar surface area (TPSA) is 83.4 Å². The Morgan fingerprint density at radius 1 is 1.09 bits per heavy atom. The Kier molecular flexibility index (Phi) is 5.37. The lowest BCUT2D eigenvalue weighted by Gasteiger charge is -2.10. The predicted molar refractivity (Wildman–Crippen MR) is 85.8 cm³/mol. The predicted octanol–water partition coefficient (Wildman–Crippen LogP) is 2.54. The van der Waals surface area contributed by atoms with E-state index in [9.17, 15) is 9.59 Å². The average Bonchev–Trinajstić information content (AvgIpc) is 2.99. The number of carbonyl (C=O) groups is 2. The lowest BCUT2D eigenvalue weighted by atomic mass is 10.2. The first-order valence-corrected chi connectivity index (χ1v) is 7.04. The molecule has 1 aromatic heterocycles. The number of furan rings is 1. The second-order valence-corrected chi connectivity index (χ2v) is 5.22. The number of hydrogen-bond donors (Lipinski definition) is 3. The lowest BCUT2D eigenvalue weighted by molar-refractivity contribution is 0.0927. The summed E-state index contributed by atoms with van der Waals surface area (Å²) in [6.45, 7) is 0. The molecule has 0 saturated carbocycles. The fourth-order valence-corrected chi connectivity index (χ4v) is 2.10. The Balaban J connectivity index is 1.88. The number of thiocarbonyl (C=S) groups is 1. The van der Waals surface area contributed by atoms with Crippen molar-refractivity contribution in [2.45, 2.75) is 0 Å². The van der Waals surface area contributed by atoms with Crippen LogP contribution in [0.25, 0.3) is 0 Å². The Morgan fingerprint density at radius 3 is 2.50 bits per heavy atom. The van der Waals surface area contributed by atoms with Crippen molar-refractivity contribution in [3.63, 3.8) is 0 Å². The monoisotopic (exact) mass is 357 g/mol. The number of rotatable bonds is 2. The maximum Gasteiger partial charge on any atom is 0.293 e. The van der Waals surface area contributed by atoms with E-state index in [1.165, 1.54) is 30.5 Å². The maximum absolute atomic E-state index is 11.9. The van der Waals surface area contributed by atoms with Crippen molar-refractivity contribution in [3.8, 4) is 0 Å². The molecule has 0 bridgehead atoms. The molecule has 3 N–H and O–H groups in total.